The number of hydrogen-bond acceptors (Lipinski definition) is 8. The highest BCUT2D eigenvalue weighted by atomic mass is 32.2. The van der Waals surface area contributed by atoms with Crippen LogP contribution in [-0.4, -0.2) is 43.8 Å². The van der Waals surface area contributed by atoms with Crippen LogP contribution in [0.5, 0.6) is 5.75 Å². The van der Waals surface area contributed by atoms with Crippen molar-refractivity contribution in [3.8, 4) is 5.75 Å². The molecule has 3 rings (SSSR count). The van der Waals surface area contributed by atoms with E-state index in [-0.39, 0.29) is 28.5 Å². The number of rotatable bonds is 3. The van der Waals surface area contributed by atoms with E-state index in [0.717, 1.165) is 0 Å². The van der Waals surface area contributed by atoms with Gasteiger partial charge in [0.15, 0.2) is 17.3 Å². The number of pyridine rings is 2. The summed E-state index contributed by atoms with van der Waals surface area (Å²) in [6, 6.07) is 3.31. The van der Waals surface area contributed by atoms with Gasteiger partial charge >= 0.3 is 5.97 Å². The number of fused-ring (bicyclic) bond motifs is 1. The average molecular weight is 355 g/mol. The third-order valence-electron chi connectivity index (χ3n) is 3.50. The Bertz CT molecular complexity index is 885. The Labute approximate surface area is 138 Å². The summed E-state index contributed by atoms with van der Waals surface area (Å²) in [5.74, 6) is -0.565. The van der Waals surface area contributed by atoms with Crippen LogP contribution in [0.4, 0.5) is 5.82 Å². The van der Waals surface area contributed by atoms with Gasteiger partial charge in [-0.3, -0.25) is 9.29 Å². The highest BCUT2D eigenvalue weighted by Crippen LogP contribution is 2.36. The summed E-state index contributed by atoms with van der Waals surface area (Å²) in [4.78, 5) is 20.3. The van der Waals surface area contributed by atoms with E-state index < -0.39 is 16.0 Å². The second-order valence-corrected chi connectivity index (χ2v) is 7.03. The lowest BCUT2D eigenvalue weighted by molar-refractivity contribution is 0.0592. The molecule has 0 atom stereocenters. The van der Waals surface area contributed by atoms with Gasteiger partial charge in [0, 0.05) is 31.0 Å². The number of sulfonamides is 1. The molecule has 0 spiro atoms. The first kappa shape index (κ1) is 15.8. The number of nitrogens with zero attached hydrogens (tertiary/aromatic N) is 3. The normalized spacial score (nSPS) is 16.5. The predicted octanol–water partition coefficient (Wildman–Crippen LogP) is 1.18. The number of carbonyl (C=O) groups excluding carboxylic acids is 1. The van der Waals surface area contributed by atoms with Crippen LogP contribution >= 0.6 is 12.9 Å². The standard InChI is InChI=1S/C13H13N3O5S2/c1-20-13(17)10-11(21-22)9-8(4-2-5-14-9)12(15-10)16-6-3-7-23(16,18)19/h2,4-5,22H,3,6-7H2,1H3. The largest absolute Gasteiger partial charge is 0.464 e. The van der Waals surface area contributed by atoms with Crippen molar-refractivity contribution in [3.63, 3.8) is 0 Å². The Hall–Kier alpha value is -2.07. The van der Waals surface area contributed by atoms with Crippen molar-refractivity contribution in [2.24, 2.45) is 0 Å². The minimum absolute atomic E-state index is 0.0242. The Balaban J connectivity index is 2.36. The molecule has 0 bridgehead atoms. The molecule has 0 N–H and O–H groups in total. The van der Waals surface area contributed by atoms with Gasteiger partial charge in [-0.15, -0.1) is 0 Å². The van der Waals surface area contributed by atoms with Gasteiger partial charge in [0.2, 0.25) is 10.0 Å². The number of ether oxygens (including phenoxy) is 1. The van der Waals surface area contributed by atoms with Gasteiger partial charge in [-0.25, -0.2) is 18.2 Å². The van der Waals surface area contributed by atoms with Gasteiger partial charge in [0.25, 0.3) is 0 Å². The Morgan fingerprint density at radius 2 is 2.22 bits per heavy atom. The molecule has 2 aromatic heterocycles. The minimum Gasteiger partial charge on any atom is -0.464 e. The number of esters is 1. The van der Waals surface area contributed by atoms with Gasteiger partial charge in [0.05, 0.1) is 12.9 Å². The highest BCUT2D eigenvalue weighted by molar-refractivity contribution is 7.93. The first-order valence-electron chi connectivity index (χ1n) is 6.68. The van der Waals surface area contributed by atoms with Crippen LogP contribution in [-0.2, 0) is 14.8 Å². The minimum atomic E-state index is -3.47. The second kappa shape index (κ2) is 5.85. The van der Waals surface area contributed by atoms with Gasteiger partial charge in [-0.05, 0) is 18.6 Å². The topological polar surface area (TPSA) is 98.7 Å². The summed E-state index contributed by atoms with van der Waals surface area (Å²) in [5, 5.41) is 0.453. The number of thiol groups is 1. The Morgan fingerprint density at radius 1 is 1.43 bits per heavy atom. The third kappa shape index (κ3) is 2.57. The average Bonchev–Trinajstić information content (AvgIpc) is 2.91. The molecule has 8 nitrogen and oxygen atoms in total. The molecule has 0 aromatic carbocycles. The number of carbonyl (C=O) groups is 1. The molecule has 1 aliphatic heterocycles. The maximum atomic E-state index is 12.2. The van der Waals surface area contributed by atoms with E-state index in [1.54, 1.807) is 12.1 Å². The maximum absolute atomic E-state index is 12.2. The van der Waals surface area contributed by atoms with E-state index in [2.05, 4.69) is 27.6 Å². The molecule has 1 aliphatic rings. The lowest BCUT2D eigenvalue weighted by Gasteiger charge is -2.19. The van der Waals surface area contributed by atoms with Crippen molar-refractivity contribution < 1.29 is 22.1 Å². The van der Waals surface area contributed by atoms with E-state index in [1.165, 1.54) is 17.6 Å². The van der Waals surface area contributed by atoms with Crippen LogP contribution in [0.2, 0.25) is 0 Å². The molecule has 1 saturated heterocycles. The summed E-state index contributed by atoms with van der Waals surface area (Å²) < 4.78 is 35.3. The number of aromatic nitrogens is 2. The number of methoxy groups -OCH3 is 1. The second-order valence-electron chi connectivity index (χ2n) is 4.84. The molecule has 2 aromatic rings. The zero-order valence-electron chi connectivity index (χ0n) is 12.1. The molecule has 23 heavy (non-hydrogen) atoms. The fourth-order valence-corrected chi connectivity index (χ4v) is 4.18. The van der Waals surface area contributed by atoms with Crippen molar-refractivity contribution in [3.05, 3.63) is 24.0 Å². The van der Waals surface area contributed by atoms with E-state index in [4.69, 9.17) is 4.18 Å². The lowest BCUT2D eigenvalue weighted by Crippen LogP contribution is -2.27. The maximum Gasteiger partial charge on any atom is 0.360 e. The SMILES string of the molecule is COC(=O)c1nc(N2CCCS2(=O)=O)c2cccnc2c1OS. The molecular weight excluding hydrogens is 342 g/mol. The Kier molecular flexibility index (Phi) is 4.02. The first-order chi connectivity index (χ1) is 11.0. The van der Waals surface area contributed by atoms with Crippen LogP contribution in [0.1, 0.15) is 16.9 Å². The summed E-state index contributed by atoms with van der Waals surface area (Å²) in [7, 11) is -2.27. The molecule has 0 amide bonds. The first-order valence-corrected chi connectivity index (χ1v) is 8.66. The van der Waals surface area contributed by atoms with Crippen molar-refractivity contribution >= 4 is 45.6 Å². The van der Waals surface area contributed by atoms with E-state index >= 15 is 0 Å². The van der Waals surface area contributed by atoms with Crippen molar-refractivity contribution in [2.45, 2.75) is 6.42 Å². The zero-order valence-corrected chi connectivity index (χ0v) is 13.8. The molecule has 10 heteroatoms. The summed E-state index contributed by atoms with van der Waals surface area (Å²) in [6.07, 6.45) is 1.99. The van der Waals surface area contributed by atoms with Crippen molar-refractivity contribution in [1.82, 2.24) is 9.97 Å². The monoisotopic (exact) mass is 355 g/mol. The van der Waals surface area contributed by atoms with Crippen molar-refractivity contribution in [2.75, 3.05) is 23.7 Å². The van der Waals surface area contributed by atoms with Gasteiger partial charge in [-0.2, -0.15) is 0 Å². The molecule has 0 aliphatic carbocycles. The molecule has 0 unspecified atom stereocenters. The van der Waals surface area contributed by atoms with Crippen LogP contribution in [0.25, 0.3) is 10.9 Å². The van der Waals surface area contributed by atoms with E-state index in [1.807, 2.05) is 0 Å². The van der Waals surface area contributed by atoms with E-state index in [0.29, 0.717) is 18.4 Å². The van der Waals surface area contributed by atoms with Crippen LogP contribution < -0.4 is 8.49 Å². The molecule has 0 saturated carbocycles. The van der Waals surface area contributed by atoms with E-state index in [9.17, 15) is 13.2 Å². The molecular formula is C13H13N3O5S2. The van der Waals surface area contributed by atoms with Crippen LogP contribution in [0, 0.1) is 0 Å². The van der Waals surface area contributed by atoms with Crippen molar-refractivity contribution in [1.29, 1.82) is 0 Å². The van der Waals surface area contributed by atoms with Crippen LogP contribution in [0.15, 0.2) is 18.3 Å². The number of anilines is 1. The van der Waals surface area contributed by atoms with Crippen LogP contribution in [0.3, 0.4) is 0 Å². The summed E-state index contributed by atoms with van der Waals surface area (Å²) >= 11 is 3.75. The summed E-state index contributed by atoms with van der Waals surface area (Å²) in [5.41, 5.74) is 0.112. The molecule has 122 valence electrons. The van der Waals surface area contributed by atoms with Gasteiger partial charge in [-0.1, -0.05) is 0 Å². The highest BCUT2D eigenvalue weighted by Gasteiger charge is 2.33. The smallest absolute Gasteiger partial charge is 0.360 e. The molecule has 1 fully saturated rings. The third-order valence-corrected chi connectivity index (χ3v) is 5.52. The number of hydrogen-bond donors (Lipinski definition) is 1. The quantitative estimate of drug-likeness (QED) is 0.501. The summed E-state index contributed by atoms with van der Waals surface area (Å²) in [6.45, 7) is 0.293. The fourth-order valence-electron chi connectivity index (χ4n) is 2.48. The predicted molar refractivity (Wildman–Crippen MR) is 86.2 cm³/mol. The Morgan fingerprint density at radius 3 is 2.83 bits per heavy atom. The van der Waals surface area contributed by atoms with Gasteiger partial charge < -0.3 is 8.92 Å². The molecule has 0 radical (unpaired) electrons. The zero-order chi connectivity index (χ0) is 16.6. The lowest BCUT2D eigenvalue weighted by atomic mass is 10.2. The fraction of sp³-hybridized carbons (Fsp3) is 0.308. The van der Waals surface area contributed by atoms with Gasteiger partial charge in [0.1, 0.15) is 5.52 Å². The molecule has 3 heterocycles.